The molecule has 1 atom stereocenters. The molecule has 0 radical (unpaired) electrons. The first kappa shape index (κ1) is 10.1. The first-order chi connectivity index (χ1) is 7.27. The van der Waals surface area contributed by atoms with E-state index in [0.29, 0.717) is 6.54 Å². The van der Waals surface area contributed by atoms with Crippen LogP contribution in [0.5, 0.6) is 0 Å². The van der Waals surface area contributed by atoms with E-state index in [9.17, 15) is 4.79 Å². The molecule has 1 aromatic rings. The van der Waals surface area contributed by atoms with Gasteiger partial charge in [0.1, 0.15) is 0 Å². The number of aromatic nitrogens is 1. The van der Waals surface area contributed by atoms with E-state index in [1.54, 1.807) is 11.1 Å². The monoisotopic (exact) mass is 205 g/mol. The van der Waals surface area contributed by atoms with Crippen LogP contribution >= 0.6 is 0 Å². The highest BCUT2D eigenvalue weighted by Crippen LogP contribution is 2.12. The molecule has 4 nitrogen and oxygen atoms in total. The lowest BCUT2D eigenvalue weighted by molar-refractivity contribution is -0.135. The Balaban J connectivity index is 2.03. The molecule has 0 aromatic carbocycles. The highest BCUT2D eigenvalue weighted by atomic mass is 16.2. The standard InChI is InChI=1S/C11H15N3O/c12-10-5-3-7-14(11(10)15)8-9-4-1-2-6-13-9/h1-2,4,6,10H,3,5,7-8,12H2/t10-/m1/s1. The highest BCUT2D eigenvalue weighted by Gasteiger charge is 2.25. The molecule has 15 heavy (non-hydrogen) atoms. The maximum Gasteiger partial charge on any atom is 0.239 e. The second kappa shape index (κ2) is 4.40. The van der Waals surface area contributed by atoms with Gasteiger partial charge in [-0.15, -0.1) is 0 Å². The Morgan fingerprint density at radius 1 is 1.53 bits per heavy atom. The lowest BCUT2D eigenvalue weighted by Gasteiger charge is -2.30. The Kier molecular flexibility index (Phi) is 2.97. The van der Waals surface area contributed by atoms with Crippen molar-refractivity contribution in [3.8, 4) is 0 Å². The van der Waals surface area contributed by atoms with E-state index in [2.05, 4.69) is 4.98 Å². The third kappa shape index (κ3) is 2.33. The summed E-state index contributed by atoms with van der Waals surface area (Å²) in [4.78, 5) is 17.7. The summed E-state index contributed by atoms with van der Waals surface area (Å²) in [6.45, 7) is 1.37. The van der Waals surface area contributed by atoms with Crippen LogP contribution in [0.25, 0.3) is 0 Å². The van der Waals surface area contributed by atoms with Crippen LogP contribution in [0.2, 0.25) is 0 Å². The Labute approximate surface area is 89.1 Å². The number of rotatable bonds is 2. The van der Waals surface area contributed by atoms with Gasteiger partial charge < -0.3 is 10.6 Å². The Hall–Kier alpha value is -1.42. The van der Waals surface area contributed by atoms with Gasteiger partial charge in [-0.3, -0.25) is 9.78 Å². The van der Waals surface area contributed by atoms with E-state index in [1.165, 1.54) is 0 Å². The molecule has 2 N–H and O–H groups in total. The maximum atomic E-state index is 11.7. The molecule has 1 aliphatic heterocycles. The fourth-order valence-corrected chi connectivity index (χ4v) is 1.81. The number of pyridine rings is 1. The van der Waals surface area contributed by atoms with E-state index in [0.717, 1.165) is 25.1 Å². The molecule has 0 bridgehead atoms. The summed E-state index contributed by atoms with van der Waals surface area (Å²) < 4.78 is 0. The summed E-state index contributed by atoms with van der Waals surface area (Å²) in [5.74, 6) is 0.0481. The summed E-state index contributed by atoms with van der Waals surface area (Å²) in [5, 5.41) is 0. The summed E-state index contributed by atoms with van der Waals surface area (Å²) in [7, 11) is 0. The minimum Gasteiger partial charge on any atom is -0.335 e. The quantitative estimate of drug-likeness (QED) is 0.766. The van der Waals surface area contributed by atoms with Crippen LogP contribution in [0, 0.1) is 0 Å². The van der Waals surface area contributed by atoms with Crippen molar-refractivity contribution in [2.45, 2.75) is 25.4 Å². The number of carbonyl (C=O) groups is 1. The molecule has 0 spiro atoms. The normalized spacial score (nSPS) is 21.8. The molecule has 1 saturated heterocycles. The molecule has 1 aliphatic rings. The van der Waals surface area contributed by atoms with E-state index in [4.69, 9.17) is 5.73 Å². The molecular formula is C11H15N3O. The fraction of sp³-hybridized carbons (Fsp3) is 0.455. The number of piperidine rings is 1. The number of hydrogen-bond acceptors (Lipinski definition) is 3. The van der Waals surface area contributed by atoms with Crippen LogP contribution in [-0.4, -0.2) is 28.4 Å². The molecule has 1 amide bonds. The van der Waals surface area contributed by atoms with Crippen LogP contribution in [0.3, 0.4) is 0 Å². The van der Waals surface area contributed by atoms with Crippen molar-refractivity contribution in [2.75, 3.05) is 6.54 Å². The van der Waals surface area contributed by atoms with E-state index in [-0.39, 0.29) is 11.9 Å². The van der Waals surface area contributed by atoms with Gasteiger partial charge in [0, 0.05) is 12.7 Å². The average Bonchev–Trinajstić information content (AvgIpc) is 2.26. The molecule has 0 unspecified atom stereocenters. The minimum atomic E-state index is -0.317. The van der Waals surface area contributed by atoms with Gasteiger partial charge in [0.25, 0.3) is 0 Å². The van der Waals surface area contributed by atoms with Crippen molar-refractivity contribution in [1.29, 1.82) is 0 Å². The van der Waals surface area contributed by atoms with Crippen molar-refractivity contribution < 1.29 is 4.79 Å². The topological polar surface area (TPSA) is 59.2 Å². The van der Waals surface area contributed by atoms with Crippen molar-refractivity contribution in [3.63, 3.8) is 0 Å². The summed E-state index contributed by atoms with van der Waals surface area (Å²) in [6.07, 6.45) is 3.53. The van der Waals surface area contributed by atoms with Gasteiger partial charge in [-0.05, 0) is 25.0 Å². The Morgan fingerprint density at radius 2 is 2.40 bits per heavy atom. The third-order valence-corrected chi connectivity index (χ3v) is 2.65. The number of nitrogens with zero attached hydrogens (tertiary/aromatic N) is 2. The number of hydrogen-bond donors (Lipinski definition) is 1. The van der Waals surface area contributed by atoms with Gasteiger partial charge in [-0.25, -0.2) is 0 Å². The molecular weight excluding hydrogens is 190 g/mol. The van der Waals surface area contributed by atoms with E-state index >= 15 is 0 Å². The molecule has 0 saturated carbocycles. The van der Waals surface area contributed by atoms with Gasteiger partial charge >= 0.3 is 0 Å². The number of amides is 1. The average molecular weight is 205 g/mol. The largest absolute Gasteiger partial charge is 0.335 e. The predicted molar refractivity (Wildman–Crippen MR) is 56.9 cm³/mol. The summed E-state index contributed by atoms with van der Waals surface area (Å²) >= 11 is 0. The van der Waals surface area contributed by atoms with Crippen molar-refractivity contribution in [2.24, 2.45) is 5.73 Å². The number of likely N-dealkylation sites (tertiary alicyclic amines) is 1. The van der Waals surface area contributed by atoms with Gasteiger partial charge in [0.15, 0.2) is 0 Å². The molecule has 2 rings (SSSR count). The summed E-state index contributed by atoms with van der Waals surface area (Å²) in [5.41, 5.74) is 6.63. The summed E-state index contributed by atoms with van der Waals surface area (Å²) in [6, 6.07) is 5.40. The van der Waals surface area contributed by atoms with E-state index < -0.39 is 0 Å². The van der Waals surface area contributed by atoms with E-state index in [1.807, 2.05) is 18.2 Å². The SMILES string of the molecule is N[C@@H]1CCCN(Cc2ccccn2)C1=O. The first-order valence-electron chi connectivity index (χ1n) is 5.21. The van der Waals surface area contributed by atoms with Crippen LogP contribution in [0.15, 0.2) is 24.4 Å². The molecule has 1 aromatic heterocycles. The molecule has 2 heterocycles. The molecule has 0 aliphatic carbocycles. The van der Waals surface area contributed by atoms with Crippen molar-refractivity contribution >= 4 is 5.91 Å². The highest BCUT2D eigenvalue weighted by molar-refractivity contribution is 5.82. The second-order valence-electron chi connectivity index (χ2n) is 3.83. The van der Waals surface area contributed by atoms with Crippen molar-refractivity contribution in [3.05, 3.63) is 30.1 Å². The second-order valence-corrected chi connectivity index (χ2v) is 3.83. The number of carbonyl (C=O) groups excluding carboxylic acids is 1. The zero-order valence-corrected chi connectivity index (χ0v) is 8.60. The third-order valence-electron chi connectivity index (χ3n) is 2.65. The zero-order valence-electron chi connectivity index (χ0n) is 8.60. The first-order valence-corrected chi connectivity index (χ1v) is 5.21. The van der Waals surface area contributed by atoms with Crippen LogP contribution < -0.4 is 5.73 Å². The Morgan fingerprint density at radius 3 is 3.13 bits per heavy atom. The minimum absolute atomic E-state index is 0.0481. The molecule has 80 valence electrons. The molecule has 4 heteroatoms. The predicted octanol–water partition coefficient (Wildman–Crippen LogP) is 0.531. The lowest BCUT2D eigenvalue weighted by atomic mass is 10.1. The van der Waals surface area contributed by atoms with Crippen LogP contribution in [0.4, 0.5) is 0 Å². The van der Waals surface area contributed by atoms with Crippen LogP contribution in [-0.2, 0) is 11.3 Å². The van der Waals surface area contributed by atoms with Crippen LogP contribution in [0.1, 0.15) is 18.5 Å². The van der Waals surface area contributed by atoms with Gasteiger partial charge in [-0.1, -0.05) is 6.07 Å². The molecule has 1 fully saturated rings. The van der Waals surface area contributed by atoms with Gasteiger partial charge in [0.2, 0.25) is 5.91 Å². The van der Waals surface area contributed by atoms with Gasteiger partial charge in [-0.2, -0.15) is 0 Å². The van der Waals surface area contributed by atoms with Gasteiger partial charge in [0.05, 0.1) is 18.3 Å². The maximum absolute atomic E-state index is 11.7. The lowest BCUT2D eigenvalue weighted by Crippen LogP contribution is -2.47. The smallest absolute Gasteiger partial charge is 0.239 e. The van der Waals surface area contributed by atoms with Crippen molar-refractivity contribution in [1.82, 2.24) is 9.88 Å². The zero-order chi connectivity index (χ0) is 10.7. The Bertz CT molecular complexity index is 339. The number of nitrogens with two attached hydrogens (primary N) is 1. The fourth-order valence-electron chi connectivity index (χ4n) is 1.81.